The zero-order valence-electron chi connectivity index (χ0n) is 9.43. The fourth-order valence-electron chi connectivity index (χ4n) is 1.90. The zero-order valence-corrected chi connectivity index (χ0v) is 9.43. The van der Waals surface area contributed by atoms with E-state index < -0.39 is 0 Å². The van der Waals surface area contributed by atoms with Crippen molar-refractivity contribution in [3.63, 3.8) is 0 Å². The van der Waals surface area contributed by atoms with E-state index in [2.05, 4.69) is 4.98 Å². The summed E-state index contributed by atoms with van der Waals surface area (Å²) in [4.78, 5) is 15.7. The summed E-state index contributed by atoms with van der Waals surface area (Å²) >= 11 is 0. The summed E-state index contributed by atoms with van der Waals surface area (Å²) in [5.74, 6) is -0.276. The van der Waals surface area contributed by atoms with Crippen LogP contribution in [0.5, 0.6) is 0 Å². The molecule has 3 heteroatoms. The highest BCUT2D eigenvalue weighted by molar-refractivity contribution is 5.94. The highest BCUT2D eigenvalue weighted by Crippen LogP contribution is 2.25. The summed E-state index contributed by atoms with van der Waals surface area (Å²) in [7, 11) is 0. The van der Waals surface area contributed by atoms with Crippen molar-refractivity contribution < 1.29 is 9.53 Å². The first-order valence-electron chi connectivity index (χ1n) is 5.47. The second kappa shape index (κ2) is 3.70. The molecule has 0 N–H and O–H groups in total. The fraction of sp³-hybridized carbons (Fsp3) is 0.143. The molecule has 1 aromatic carbocycles. The van der Waals surface area contributed by atoms with Crippen LogP contribution in [0.15, 0.2) is 36.5 Å². The molecule has 3 nitrogen and oxygen atoms in total. The average molecular weight is 225 g/mol. The molecule has 0 unspecified atom stereocenters. The minimum absolute atomic E-state index is 0.276. The van der Waals surface area contributed by atoms with Crippen molar-refractivity contribution in [3.8, 4) is 11.1 Å². The highest BCUT2D eigenvalue weighted by atomic mass is 16.5. The molecule has 2 heterocycles. The van der Waals surface area contributed by atoms with E-state index in [4.69, 9.17) is 4.74 Å². The Hall–Kier alpha value is -2.16. The minimum Gasteiger partial charge on any atom is -0.456 e. The van der Waals surface area contributed by atoms with Crippen LogP contribution < -0.4 is 0 Å². The van der Waals surface area contributed by atoms with Gasteiger partial charge >= 0.3 is 5.97 Å². The largest absolute Gasteiger partial charge is 0.456 e. The van der Waals surface area contributed by atoms with E-state index in [1.807, 2.05) is 37.3 Å². The second-order valence-corrected chi connectivity index (χ2v) is 4.16. The van der Waals surface area contributed by atoms with Gasteiger partial charge in [-0.1, -0.05) is 29.8 Å². The number of esters is 1. The summed E-state index contributed by atoms with van der Waals surface area (Å²) in [6, 6.07) is 9.99. The Labute approximate surface area is 99.1 Å². The zero-order chi connectivity index (χ0) is 11.8. The Morgan fingerprint density at radius 3 is 2.71 bits per heavy atom. The number of carbonyl (C=O) groups excluding carboxylic acids is 1. The number of hydrogen-bond donors (Lipinski definition) is 0. The first-order valence-corrected chi connectivity index (χ1v) is 5.47. The maximum Gasteiger partial charge on any atom is 0.340 e. The van der Waals surface area contributed by atoms with Gasteiger partial charge in [0.2, 0.25) is 0 Å². The molecule has 0 atom stereocenters. The molecule has 0 fully saturated rings. The lowest BCUT2D eigenvalue weighted by molar-refractivity contribution is 0.0533. The van der Waals surface area contributed by atoms with E-state index >= 15 is 0 Å². The number of pyridine rings is 1. The summed E-state index contributed by atoms with van der Waals surface area (Å²) in [6.07, 6.45) is 1.78. The van der Waals surface area contributed by atoms with Gasteiger partial charge < -0.3 is 4.74 Å². The van der Waals surface area contributed by atoms with Gasteiger partial charge in [-0.25, -0.2) is 4.79 Å². The Balaban J connectivity index is 2.08. The Bertz CT molecular complexity index is 588. The van der Waals surface area contributed by atoms with Crippen LogP contribution in [0.3, 0.4) is 0 Å². The Morgan fingerprint density at radius 1 is 1.18 bits per heavy atom. The molecule has 0 saturated heterocycles. The van der Waals surface area contributed by atoms with Crippen molar-refractivity contribution in [1.82, 2.24) is 4.98 Å². The number of benzene rings is 1. The molecule has 84 valence electrons. The van der Waals surface area contributed by atoms with Crippen LogP contribution in [0.1, 0.15) is 21.6 Å². The van der Waals surface area contributed by atoms with Crippen molar-refractivity contribution in [1.29, 1.82) is 0 Å². The lowest BCUT2D eigenvalue weighted by Gasteiger charge is -2.03. The minimum atomic E-state index is -0.276. The summed E-state index contributed by atoms with van der Waals surface area (Å²) < 4.78 is 4.93. The van der Waals surface area contributed by atoms with Gasteiger partial charge in [0.1, 0.15) is 6.61 Å². The second-order valence-electron chi connectivity index (χ2n) is 4.16. The van der Waals surface area contributed by atoms with Crippen molar-refractivity contribution in [2.45, 2.75) is 13.5 Å². The number of rotatable bonds is 1. The van der Waals surface area contributed by atoms with E-state index in [-0.39, 0.29) is 5.97 Å². The predicted octanol–water partition coefficient (Wildman–Crippen LogP) is 2.73. The van der Waals surface area contributed by atoms with E-state index in [1.54, 1.807) is 6.20 Å². The van der Waals surface area contributed by atoms with Crippen LogP contribution in [0.25, 0.3) is 11.1 Å². The van der Waals surface area contributed by atoms with Crippen LogP contribution in [-0.2, 0) is 11.3 Å². The normalized spacial score (nSPS) is 13.4. The quantitative estimate of drug-likeness (QED) is 0.700. The lowest BCUT2D eigenvalue weighted by Crippen LogP contribution is -1.95. The van der Waals surface area contributed by atoms with Gasteiger partial charge in [-0.3, -0.25) is 4.98 Å². The maximum atomic E-state index is 11.4. The van der Waals surface area contributed by atoms with Crippen molar-refractivity contribution >= 4 is 5.97 Å². The van der Waals surface area contributed by atoms with Crippen molar-refractivity contribution in [2.24, 2.45) is 0 Å². The van der Waals surface area contributed by atoms with Gasteiger partial charge in [-0.2, -0.15) is 0 Å². The number of fused-ring (bicyclic) bond motifs is 1. The molecule has 3 rings (SSSR count). The van der Waals surface area contributed by atoms with Gasteiger partial charge in [0.15, 0.2) is 0 Å². The van der Waals surface area contributed by atoms with Gasteiger partial charge in [0, 0.05) is 11.8 Å². The number of aromatic nitrogens is 1. The van der Waals surface area contributed by atoms with Crippen LogP contribution in [-0.4, -0.2) is 11.0 Å². The maximum absolute atomic E-state index is 11.4. The van der Waals surface area contributed by atoms with Crippen LogP contribution >= 0.6 is 0 Å². The third-order valence-corrected chi connectivity index (χ3v) is 2.92. The van der Waals surface area contributed by atoms with Gasteiger partial charge in [-0.15, -0.1) is 0 Å². The van der Waals surface area contributed by atoms with Gasteiger partial charge in [-0.05, 0) is 18.6 Å². The molecule has 0 radical (unpaired) electrons. The third-order valence-electron chi connectivity index (χ3n) is 2.92. The van der Waals surface area contributed by atoms with Crippen molar-refractivity contribution in [2.75, 3.05) is 0 Å². The summed E-state index contributed by atoms with van der Waals surface area (Å²) in [5, 5.41) is 0. The Kier molecular flexibility index (Phi) is 2.18. The average Bonchev–Trinajstić information content (AvgIpc) is 2.72. The van der Waals surface area contributed by atoms with Crippen LogP contribution in [0, 0.1) is 6.92 Å². The molecule has 0 spiro atoms. The summed E-state index contributed by atoms with van der Waals surface area (Å²) in [5.41, 5.74) is 4.53. The molecule has 0 saturated carbocycles. The molecular weight excluding hydrogens is 214 g/mol. The number of cyclic esters (lactones) is 1. The number of nitrogens with zero attached hydrogens (tertiary/aromatic N) is 1. The molecule has 0 bridgehead atoms. The highest BCUT2D eigenvalue weighted by Gasteiger charge is 2.22. The van der Waals surface area contributed by atoms with Gasteiger partial charge in [0.25, 0.3) is 0 Å². The molecule has 1 aliphatic rings. The standard InChI is InChI=1S/C14H11NO2/c1-9-2-4-10(5-3-9)11-6-12-13(15-7-11)8-17-14(12)16/h2-7H,8H2,1H3. The van der Waals surface area contributed by atoms with Crippen LogP contribution in [0.2, 0.25) is 0 Å². The van der Waals surface area contributed by atoms with E-state index in [9.17, 15) is 4.79 Å². The molecular formula is C14H11NO2. The molecule has 0 amide bonds. The van der Waals surface area contributed by atoms with Gasteiger partial charge in [0.05, 0.1) is 11.3 Å². The predicted molar refractivity (Wildman–Crippen MR) is 63.5 cm³/mol. The first-order chi connectivity index (χ1) is 8.24. The third kappa shape index (κ3) is 1.69. The topological polar surface area (TPSA) is 39.2 Å². The molecule has 1 aliphatic heterocycles. The smallest absolute Gasteiger partial charge is 0.340 e. The van der Waals surface area contributed by atoms with Crippen LogP contribution in [0.4, 0.5) is 0 Å². The Morgan fingerprint density at radius 2 is 1.94 bits per heavy atom. The lowest BCUT2D eigenvalue weighted by atomic mass is 10.0. The van der Waals surface area contributed by atoms with E-state index in [1.165, 1.54) is 5.56 Å². The molecule has 2 aromatic rings. The summed E-state index contributed by atoms with van der Waals surface area (Å²) in [6.45, 7) is 2.34. The number of aryl methyl sites for hydroxylation is 1. The first kappa shape index (κ1) is 10.0. The van der Waals surface area contributed by atoms with Crippen molar-refractivity contribution in [3.05, 3.63) is 53.3 Å². The SMILES string of the molecule is Cc1ccc(-c2cnc3c(c2)C(=O)OC3)cc1. The number of hydrogen-bond acceptors (Lipinski definition) is 3. The molecule has 0 aliphatic carbocycles. The molecule has 17 heavy (non-hydrogen) atoms. The number of carbonyl (C=O) groups is 1. The monoisotopic (exact) mass is 225 g/mol. The number of ether oxygens (including phenoxy) is 1. The molecule has 1 aromatic heterocycles. The van der Waals surface area contributed by atoms with E-state index in [0.29, 0.717) is 12.2 Å². The fourth-order valence-corrected chi connectivity index (χ4v) is 1.90. The van der Waals surface area contributed by atoms with E-state index in [0.717, 1.165) is 16.8 Å².